The molecule has 2 rings (SSSR count). The number of ether oxygens (including phenoxy) is 5. The van der Waals surface area contributed by atoms with Gasteiger partial charge in [0, 0.05) is 46.9 Å². The third kappa shape index (κ3) is 7.48. The second kappa shape index (κ2) is 13.0. The second-order valence-corrected chi connectivity index (χ2v) is 8.11. The number of hydrogen-bond acceptors (Lipinski definition) is 10. The molecule has 1 aromatic rings. The summed E-state index contributed by atoms with van der Waals surface area (Å²) < 4.78 is 29.0. The predicted molar refractivity (Wildman–Crippen MR) is 121 cm³/mol. The number of esters is 4. The molecule has 1 aromatic heterocycles. The Morgan fingerprint density at radius 3 is 1.94 bits per heavy atom. The van der Waals surface area contributed by atoms with Crippen molar-refractivity contribution < 1.29 is 52.2 Å². The van der Waals surface area contributed by atoms with E-state index in [0.29, 0.717) is 18.7 Å². The van der Waals surface area contributed by atoms with Crippen molar-refractivity contribution in [2.75, 3.05) is 19.7 Å². The van der Waals surface area contributed by atoms with Crippen LogP contribution in [0.4, 0.5) is 0 Å². The van der Waals surface area contributed by atoms with Gasteiger partial charge < -0.3 is 28.6 Å². The van der Waals surface area contributed by atoms with Crippen molar-refractivity contribution in [3.63, 3.8) is 0 Å². The molecule has 12 nitrogen and oxygen atoms in total. The molecule has 0 aromatic carbocycles. The lowest BCUT2D eigenvalue weighted by Gasteiger charge is -2.41. The summed E-state index contributed by atoms with van der Waals surface area (Å²) >= 11 is 0. The molecule has 5 atom stereocenters. The molecule has 2 heterocycles. The molecule has 1 amide bonds. The van der Waals surface area contributed by atoms with E-state index in [-0.39, 0.29) is 12.5 Å². The van der Waals surface area contributed by atoms with Gasteiger partial charge in [0.2, 0.25) is 6.10 Å². The number of hydrogen-bond donors (Lipinski definition) is 0. The molecule has 0 bridgehead atoms. The van der Waals surface area contributed by atoms with Crippen LogP contribution in [0.15, 0.2) is 24.5 Å². The number of carbonyl (C=O) groups excluding carboxylic acids is 5. The van der Waals surface area contributed by atoms with E-state index in [4.69, 9.17) is 23.7 Å². The summed E-state index contributed by atoms with van der Waals surface area (Å²) in [7, 11) is 0. The maximum Gasteiger partial charge on any atom is 0.304 e. The Hall–Kier alpha value is -3.54. The fourth-order valence-corrected chi connectivity index (χ4v) is 3.92. The summed E-state index contributed by atoms with van der Waals surface area (Å²) in [4.78, 5) is 61.9. The van der Waals surface area contributed by atoms with Crippen LogP contribution < -0.4 is 4.57 Å². The van der Waals surface area contributed by atoms with Gasteiger partial charge in [0.15, 0.2) is 24.6 Å². The largest absolute Gasteiger partial charge is 0.463 e. The molecule has 0 saturated carbocycles. The first-order chi connectivity index (χ1) is 17.0. The van der Waals surface area contributed by atoms with Crippen LogP contribution in [0.5, 0.6) is 0 Å². The Bertz CT molecular complexity index is 977. The zero-order chi connectivity index (χ0) is 27.0. The van der Waals surface area contributed by atoms with Gasteiger partial charge in [0.25, 0.3) is 5.91 Å². The van der Waals surface area contributed by atoms with E-state index < -0.39 is 54.5 Å². The molecule has 0 radical (unpaired) electrons. The van der Waals surface area contributed by atoms with E-state index in [1.165, 1.54) is 24.6 Å². The maximum atomic E-state index is 12.9. The molecular formula is C24H33N2O10+. The van der Waals surface area contributed by atoms with Crippen LogP contribution in [0, 0.1) is 0 Å². The summed E-state index contributed by atoms with van der Waals surface area (Å²) in [5, 5.41) is 0. The highest BCUT2D eigenvalue weighted by atomic mass is 16.7. The molecule has 1 fully saturated rings. The van der Waals surface area contributed by atoms with Gasteiger partial charge in [-0.1, -0.05) is 0 Å². The van der Waals surface area contributed by atoms with E-state index in [1.807, 2.05) is 13.8 Å². The third-order valence-electron chi connectivity index (χ3n) is 5.38. The number of amides is 1. The van der Waals surface area contributed by atoms with Crippen LogP contribution in [0.2, 0.25) is 0 Å². The lowest BCUT2D eigenvalue weighted by Crippen LogP contribution is -2.65. The molecule has 0 aliphatic carbocycles. The van der Waals surface area contributed by atoms with Crippen LogP contribution >= 0.6 is 0 Å². The maximum absolute atomic E-state index is 12.9. The first-order valence-electron chi connectivity index (χ1n) is 11.6. The van der Waals surface area contributed by atoms with Crippen molar-refractivity contribution in [1.82, 2.24) is 4.90 Å². The minimum absolute atomic E-state index is 0.222. The lowest BCUT2D eigenvalue weighted by atomic mass is 9.97. The second-order valence-electron chi connectivity index (χ2n) is 8.11. The summed E-state index contributed by atoms with van der Waals surface area (Å²) in [5.74, 6) is -2.98. The Labute approximate surface area is 209 Å². The molecule has 12 heteroatoms. The molecule has 0 unspecified atom stereocenters. The molecule has 36 heavy (non-hydrogen) atoms. The fraction of sp³-hybridized carbons (Fsp3) is 0.583. The lowest BCUT2D eigenvalue weighted by molar-refractivity contribution is -0.777. The molecule has 198 valence electrons. The topological polar surface area (TPSA) is 139 Å². The highest BCUT2D eigenvalue weighted by Crippen LogP contribution is 2.32. The summed E-state index contributed by atoms with van der Waals surface area (Å²) in [6, 6.07) is 3.24. The fourth-order valence-electron chi connectivity index (χ4n) is 3.92. The molecule has 1 saturated heterocycles. The Morgan fingerprint density at radius 1 is 0.861 bits per heavy atom. The van der Waals surface area contributed by atoms with Gasteiger partial charge in [0.1, 0.15) is 18.3 Å². The zero-order valence-electron chi connectivity index (χ0n) is 21.3. The van der Waals surface area contributed by atoms with E-state index >= 15 is 0 Å². The number of nitrogens with zero attached hydrogens (tertiary/aromatic N) is 2. The molecule has 1 aliphatic heterocycles. The van der Waals surface area contributed by atoms with E-state index in [1.54, 1.807) is 23.2 Å². The van der Waals surface area contributed by atoms with Crippen LogP contribution in [0.1, 0.15) is 58.1 Å². The standard InChI is InChI=1S/C24H33N2O10/c1-7-25(8-2)23(31)18-10-9-11-26(12-18)24-22(35-17(6)30)21(34-16(5)29)20(33-15(4)28)19(36-24)13-32-14(3)27/h9-12,19-22,24H,7-8,13H2,1-6H3/q+1/t19-,20-,21+,22-,24-/m1/s1. The Morgan fingerprint density at radius 2 is 1.42 bits per heavy atom. The average Bonchev–Trinajstić information content (AvgIpc) is 2.80. The summed E-state index contributed by atoms with van der Waals surface area (Å²) in [5.41, 5.74) is 0.342. The minimum Gasteiger partial charge on any atom is -0.463 e. The quantitative estimate of drug-likeness (QED) is 0.266. The first-order valence-corrected chi connectivity index (χ1v) is 11.6. The first kappa shape index (κ1) is 28.7. The zero-order valence-corrected chi connectivity index (χ0v) is 21.3. The van der Waals surface area contributed by atoms with Crippen molar-refractivity contribution in [3.8, 4) is 0 Å². The Kier molecular flexibility index (Phi) is 10.3. The SMILES string of the molecule is CCN(CC)C(=O)c1ccc[n+]([C@@H]2O[C@H](COC(C)=O)[C@@H](OC(C)=O)[C@H](OC(C)=O)[C@H]2OC(C)=O)c1. The van der Waals surface area contributed by atoms with Crippen LogP contribution in [0.25, 0.3) is 0 Å². The summed E-state index contributed by atoms with van der Waals surface area (Å²) in [6.07, 6.45) is -2.95. The van der Waals surface area contributed by atoms with Crippen molar-refractivity contribution in [1.29, 1.82) is 0 Å². The molecule has 0 N–H and O–H groups in total. The third-order valence-corrected chi connectivity index (χ3v) is 5.38. The summed E-state index contributed by atoms with van der Waals surface area (Å²) in [6.45, 7) is 9.05. The van der Waals surface area contributed by atoms with Gasteiger partial charge in [-0.25, -0.2) is 0 Å². The minimum atomic E-state index is -1.30. The van der Waals surface area contributed by atoms with Gasteiger partial charge in [-0.05, 0) is 19.9 Å². The number of carbonyl (C=O) groups is 5. The number of pyridine rings is 1. The predicted octanol–water partition coefficient (Wildman–Crippen LogP) is 0.712. The normalized spacial score (nSPS) is 23.2. The van der Waals surface area contributed by atoms with Gasteiger partial charge >= 0.3 is 30.1 Å². The van der Waals surface area contributed by atoms with Gasteiger partial charge in [-0.3, -0.25) is 24.0 Å². The van der Waals surface area contributed by atoms with Crippen molar-refractivity contribution >= 4 is 29.8 Å². The van der Waals surface area contributed by atoms with Gasteiger partial charge in [-0.15, -0.1) is 0 Å². The highest BCUT2D eigenvalue weighted by molar-refractivity contribution is 5.93. The van der Waals surface area contributed by atoms with Gasteiger partial charge in [0.05, 0.1) is 0 Å². The van der Waals surface area contributed by atoms with Gasteiger partial charge in [-0.2, -0.15) is 4.57 Å². The molecule has 1 aliphatic rings. The van der Waals surface area contributed by atoms with Crippen molar-refractivity contribution in [2.24, 2.45) is 0 Å². The van der Waals surface area contributed by atoms with Crippen molar-refractivity contribution in [3.05, 3.63) is 30.1 Å². The van der Waals surface area contributed by atoms with Crippen molar-refractivity contribution in [2.45, 2.75) is 72.2 Å². The smallest absolute Gasteiger partial charge is 0.304 e. The Balaban J connectivity index is 2.59. The van der Waals surface area contributed by atoms with E-state index in [9.17, 15) is 24.0 Å². The number of aromatic nitrogens is 1. The van der Waals surface area contributed by atoms with Crippen LogP contribution in [-0.2, 0) is 42.9 Å². The van der Waals surface area contributed by atoms with E-state index in [2.05, 4.69) is 0 Å². The van der Waals surface area contributed by atoms with E-state index in [0.717, 1.165) is 13.8 Å². The van der Waals surface area contributed by atoms with Crippen LogP contribution in [0.3, 0.4) is 0 Å². The van der Waals surface area contributed by atoms with Crippen LogP contribution in [-0.4, -0.2) is 78.8 Å². The average molecular weight is 510 g/mol. The highest BCUT2D eigenvalue weighted by Gasteiger charge is 2.56. The molecular weight excluding hydrogens is 476 g/mol. The molecule has 0 spiro atoms. The monoisotopic (exact) mass is 509 g/mol. The number of rotatable bonds is 9.